The van der Waals surface area contributed by atoms with Crippen molar-refractivity contribution in [2.24, 2.45) is 4.99 Å². The Kier molecular flexibility index (Phi) is 5.85. The number of ether oxygens (including phenoxy) is 2. The monoisotopic (exact) mass is 447 g/mol. The molecule has 8 nitrogen and oxygen atoms in total. The zero-order chi connectivity index (χ0) is 22.9. The minimum Gasteiger partial charge on any atom is -0.493 e. The Morgan fingerprint density at radius 1 is 1.06 bits per heavy atom. The van der Waals surface area contributed by atoms with Gasteiger partial charge < -0.3 is 14.6 Å². The second-order valence-corrected chi connectivity index (χ2v) is 8.52. The number of aliphatic hydroxyl groups excluding tert-OH is 1. The standard InChI is InChI=1S/C25H29N5O3/c1-4-30-28-25(27-29-30)16-8-6-15(7-9-16)24-20-14-22(32-3)23(33-5-2)13-18(20)19-12-17(31)10-11-21(19)26-24/h6-9,13-14,17,19,21,31H,4-5,10-12H2,1-3H3. The van der Waals surface area contributed by atoms with Gasteiger partial charge in [0, 0.05) is 22.6 Å². The van der Waals surface area contributed by atoms with Crippen LogP contribution in [0.3, 0.4) is 0 Å². The third kappa shape index (κ3) is 3.99. The number of aryl methyl sites for hydroxylation is 1. The summed E-state index contributed by atoms with van der Waals surface area (Å²) in [4.78, 5) is 6.76. The van der Waals surface area contributed by atoms with E-state index in [1.807, 2.05) is 32.0 Å². The zero-order valence-electron chi connectivity index (χ0n) is 19.2. The van der Waals surface area contributed by atoms with Crippen LogP contribution in [0.4, 0.5) is 0 Å². The maximum Gasteiger partial charge on any atom is 0.204 e. The van der Waals surface area contributed by atoms with Gasteiger partial charge >= 0.3 is 0 Å². The van der Waals surface area contributed by atoms with E-state index in [1.165, 1.54) is 5.56 Å². The van der Waals surface area contributed by atoms with Crippen LogP contribution in [0.25, 0.3) is 11.4 Å². The van der Waals surface area contributed by atoms with Crippen molar-refractivity contribution in [3.63, 3.8) is 0 Å². The molecule has 2 aliphatic rings. The number of aromatic nitrogens is 4. The Morgan fingerprint density at radius 3 is 2.55 bits per heavy atom. The molecule has 1 fully saturated rings. The van der Waals surface area contributed by atoms with Gasteiger partial charge in [-0.15, -0.1) is 10.2 Å². The molecule has 1 N–H and O–H groups in total. The highest BCUT2D eigenvalue weighted by Crippen LogP contribution is 2.45. The van der Waals surface area contributed by atoms with Crippen LogP contribution in [0.1, 0.15) is 55.7 Å². The molecule has 3 unspecified atom stereocenters. The van der Waals surface area contributed by atoms with E-state index in [0.29, 0.717) is 31.1 Å². The van der Waals surface area contributed by atoms with E-state index in [2.05, 4.69) is 33.6 Å². The van der Waals surface area contributed by atoms with E-state index < -0.39 is 0 Å². The van der Waals surface area contributed by atoms with Crippen molar-refractivity contribution >= 4 is 5.71 Å². The number of benzene rings is 2. The Labute approximate surface area is 193 Å². The highest BCUT2D eigenvalue weighted by atomic mass is 16.5. The summed E-state index contributed by atoms with van der Waals surface area (Å²) < 4.78 is 11.5. The van der Waals surface area contributed by atoms with Crippen LogP contribution in [-0.2, 0) is 6.54 Å². The first kappa shape index (κ1) is 21.6. The van der Waals surface area contributed by atoms with Crippen LogP contribution in [0.2, 0.25) is 0 Å². The number of aliphatic imine (C=N–C) groups is 1. The minimum atomic E-state index is -0.295. The summed E-state index contributed by atoms with van der Waals surface area (Å²) in [6, 6.07) is 12.4. The molecule has 172 valence electrons. The molecule has 1 saturated carbocycles. The van der Waals surface area contributed by atoms with Crippen molar-refractivity contribution in [1.29, 1.82) is 0 Å². The number of methoxy groups -OCH3 is 1. The predicted molar refractivity (Wildman–Crippen MR) is 125 cm³/mol. The molecule has 2 heterocycles. The Bertz CT molecular complexity index is 1170. The van der Waals surface area contributed by atoms with Gasteiger partial charge in [-0.05, 0) is 56.0 Å². The molecule has 0 bridgehead atoms. The fraction of sp³-hybridized carbons (Fsp3) is 0.440. The van der Waals surface area contributed by atoms with Crippen molar-refractivity contribution in [2.45, 2.75) is 57.7 Å². The summed E-state index contributed by atoms with van der Waals surface area (Å²) in [5.41, 5.74) is 5.09. The van der Waals surface area contributed by atoms with Crippen LogP contribution >= 0.6 is 0 Å². The fourth-order valence-corrected chi connectivity index (χ4v) is 4.87. The summed E-state index contributed by atoms with van der Waals surface area (Å²) >= 11 is 0. The number of hydrogen-bond donors (Lipinski definition) is 1. The molecule has 0 spiro atoms. The van der Waals surface area contributed by atoms with Crippen molar-refractivity contribution < 1.29 is 14.6 Å². The second-order valence-electron chi connectivity index (χ2n) is 8.52. The summed E-state index contributed by atoms with van der Waals surface area (Å²) in [6.07, 6.45) is 2.06. The average molecular weight is 448 g/mol. The molecule has 3 atom stereocenters. The fourth-order valence-electron chi connectivity index (χ4n) is 4.87. The third-order valence-corrected chi connectivity index (χ3v) is 6.52. The van der Waals surface area contributed by atoms with Crippen molar-refractivity contribution in [1.82, 2.24) is 20.2 Å². The number of hydrogen-bond acceptors (Lipinski definition) is 7. The Hall–Kier alpha value is -3.26. The van der Waals surface area contributed by atoms with Gasteiger partial charge in [0.15, 0.2) is 11.5 Å². The number of fused-ring (bicyclic) bond motifs is 3. The summed E-state index contributed by atoms with van der Waals surface area (Å²) in [5, 5.41) is 23.0. The van der Waals surface area contributed by atoms with Gasteiger partial charge in [-0.25, -0.2) is 0 Å². The molecule has 0 radical (unpaired) electrons. The number of nitrogens with zero attached hydrogens (tertiary/aromatic N) is 5. The van der Waals surface area contributed by atoms with Gasteiger partial charge in [-0.2, -0.15) is 4.80 Å². The summed E-state index contributed by atoms with van der Waals surface area (Å²) in [6.45, 7) is 5.19. The van der Waals surface area contributed by atoms with Crippen LogP contribution < -0.4 is 9.47 Å². The van der Waals surface area contributed by atoms with Crippen LogP contribution in [0.15, 0.2) is 41.4 Å². The summed E-state index contributed by atoms with van der Waals surface area (Å²) in [5.74, 6) is 2.21. The Morgan fingerprint density at radius 2 is 1.85 bits per heavy atom. The van der Waals surface area contributed by atoms with E-state index in [-0.39, 0.29) is 18.1 Å². The topological polar surface area (TPSA) is 94.7 Å². The highest BCUT2D eigenvalue weighted by Gasteiger charge is 2.37. The maximum absolute atomic E-state index is 10.4. The maximum atomic E-state index is 10.4. The smallest absolute Gasteiger partial charge is 0.204 e. The van der Waals surface area contributed by atoms with Gasteiger partial charge in [0.05, 0.1) is 38.1 Å². The van der Waals surface area contributed by atoms with E-state index in [4.69, 9.17) is 14.5 Å². The molecule has 1 aliphatic carbocycles. The first-order valence-electron chi connectivity index (χ1n) is 11.6. The molecular formula is C25H29N5O3. The van der Waals surface area contributed by atoms with Gasteiger partial charge in [0.2, 0.25) is 5.82 Å². The van der Waals surface area contributed by atoms with Crippen LogP contribution in [-0.4, -0.2) is 56.9 Å². The first-order chi connectivity index (χ1) is 16.1. The van der Waals surface area contributed by atoms with Crippen LogP contribution in [0, 0.1) is 0 Å². The number of aliphatic hydroxyl groups is 1. The molecule has 33 heavy (non-hydrogen) atoms. The quantitative estimate of drug-likeness (QED) is 0.620. The third-order valence-electron chi connectivity index (χ3n) is 6.52. The second kappa shape index (κ2) is 8.94. The molecule has 2 aromatic carbocycles. The number of rotatable bonds is 6. The first-order valence-corrected chi connectivity index (χ1v) is 11.6. The molecule has 8 heteroatoms. The average Bonchev–Trinajstić information content (AvgIpc) is 3.33. The lowest BCUT2D eigenvalue weighted by Crippen LogP contribution is -2.34. The molecule has 0 amide bonds. The van der Waals surface area contributed by atoms with Gasteiger partial charge in [-0.3, -0.25) is 4.99 Å². The SMILES string of the molecule is CCOc1cc2c(cc1OC)C(c1ccc(-c3nnn(CC)n3)cc1)=NC1CCC(O)CC21. The van der Waals surface area contributed by atoms with E-state index in [1.54, 1.807) is 11.9 Å². The van der Waals surface area contributed by atoms with Gasteiger partial charge in [-0.1, -0.05) is 24.3 Å². The van der Waals surface area contributed by atoms with Crippen molar-refractivity contribution in [2.75, 3.05) is 13.7 Å². The Balaban J connectivity index is 1.57. The molecule has 1 aliphatic heterocycles. The van der Waals surface area contributed by atoms with Crippen molar-refractivity contribution in [3.8, 4) is 22.9 Å². The molecule has 0 saturated heterocycles. The normalized spacial score (nSPS) is 21.7. The van der Waals surface area contributed by atoms with Crippen LogP contribution in [0.5, 0.6) is 11.5 Å². The summed E-state index contributed by atoms with van der Waals surface area (Å²) in [7, 11) is 1.66. The molecule has 1 aromatic heterocycles. The lowest BCUT2D eigenvalue weighted by molar-refractivity contribution is 0.111. The van der Waals surface area contributed by atoms with E-state index in [0.717, 1.165) is 41.0 Å². The lowest BCUT2D eigenvalue weighted by Gasteiger charge is -2.37. The van der Waals surface area contributed by atoms with Gasteiger partial charge in [0.25, 0.3) is 0 Å². The minimum absolute atomic E-state index is 0.143. The highest BCUT2D eigenvalue weighted by molar-refractivity contribution is 6.15. The molecule has 3 aromatic rings. The lowest BCUT2D eigenvalue weighted by atomic mass is 9.74. The van der Waals surface area contributed by atoms with Gasteiger partial charge in [0.1, 0.15) is 0 Å². The molecule has 5 rings (SSSR count). The predicted octanol–water partition coefficient (Wildman–Crippen LogP) is 3.62. The molecular weight excluding hydrogens is 418 g/mol. The number of tetrazole rings is 1. The van der Waals surface area contributed by atoms with E-state index in [9.17, 15) is 5.11 Å². The zero-order valence-corrected chi connectivity index (χ0v) is 19.2. The largest absolute Gasteiger partial charge is 0.493 e. The van der Waals surface area contributed by atoms with E-state index >= 15 is 0 Å². The van der Waals surface area contributed by atoms with Crippen molar-refractivity contribution in [3.05, 3.63) is 53.1 Å².